The van der Waals surface area contributed by atoms with Gasteiger partial charge in [0.2, 0.25) is 0 Å². The van der Waals surface area contributed by atoms with E-state index in [-0.39, 0.29) is 0 Å². The standard InChI is InChI=1S/C17H18N3/c1-14-15(17-18-10-7-11-19(17)2)8-6-9-16(14)20-12-4-3-5-13-20/h3-12H,13H2,1-2H3/q+1. The third-order valence-electron chi connectivity index (χ3n) is 3.60. The molecule has 0 N–H and O–H groups in total. The number of hydrogen-bond acceptors (Lipinski definition) is 2. The topological polar surface area (TPSA) is 20.0 Å². The summed E-state index contributed by atoms with van der Waals surface area (Å²) in [7, 11) is 2.03. The highest BCUT2D eigenvalue weighted by Crippen LogP contribution is 2.28. The van der Waals surface area contributed by atoms with Gasteiger partial charge >= 0.3 is 5.82 Å². The van der Waals surface area contributed by atoms with Crippen LogP contribution >= 0.6 is 0 Å². The van der Waals surface area contributed by atoms with Crippen LogP contribution < -0.4 is 9.47 Å². The molecule has 0 unspecified atom stereocenters. The third-order valence-corrected chi connectivity index (χ3v) is 3.60. The number of aryl methyl sites for hydroxylation is 1. The quantitative estimate of drug-likeness (QED) is 0.777. The van der Waals surface area contributed by atoms with Crippen LogP contribution in [0, 0.1) is 6.92 Å². The summed E-state index contributed by atoms with van der Waals surface area (Å²) in [6, 6.07) is 8.33. The van der Waals surface area contributed by atoms with E-state index in [1.807, 2.05) is 25.5 Å². The second kappa shape index (κ2) is 5.29. The summed E-state index contributed by atoms with van der Waals surface area (Å²) in [5, 5.41) is 0. The maximum absolute atomic E-state index is 4.51. The molecule has 3 rings (SSSR count). The summed E-state index contributed by atoms with van der Waals surface area (Å²) in [6.07, 6.45) is 12.3. The molecule has 0 atom stereocenters. The van der Waals surface area contributed by atoms with Crippen LogP contribution in [0.2, 0.25) is 0 Å². The Kier molecular flexibility index (Phi) is 3.33. The van der Waals surface area contributed by atoms with E-state index in [2.05, 4.69) is 64.0 Å². The van der Waals surface area contributed by atoms with Gasteiger partial charge in [0.15, 0.2) is 0 Å². The molecule has 3 nitrogen and oxygen atoms in total. The first-order valence-corrected chi connectivity index (χ1v) is 6.78. The molecule has 100 valence electrons. The predicted molar refractivity (Wildman–Crippen MR) is 81.2 cm³/mol. The summed E-state index contributed by atoms with van der Waals surface area (Å²) >= 11 is 0. The number of allylic oxidation sites excluding steroid dienone is 2. The minimum Gasteiger partial charge on any atom is -0.344 e. The second-order valence-electron chi connectivity index (χ2n) is 4.93. The molecule has 0 saturated heterocycles. The molecule has 3 heteroatoms. The van der Waals surface area contributed by atoms with Crippen molar-refractivity contribution in [1.82, 2.24) is 4.98 Å². The van der Waals surface area contributed by atoms with Crippen molar-refractivity contribution in [2.75, 3.05) is 11.4 Å². The molecule has 20 heavy (non-hydrogen) atoms. The Labute approximate surface area is 119 Å². The summed E-state index contributed by atoms with van der Waals surface area (Å²) in [5.74, 6) is 0.989. The molecule has 0 spiro atoms. The van der Waals surface area contributed by atoms with Crippen LogP contribution in [-0.2, 0) is 7.05 Å². The lowest BCUT2D eigenvalue weighted by Crippen LogP contribution is -2.31. The number of anilines is 1. The van der Waals surface area contributed by atoms with Gasteiger partial charge in [-0.25, -0.2) is 4.57 Å². The van der Waals surface area contributed by atoms with Gasteiger partial charge < -0.3 is 4.90 Å². The van der Waals surface area contributed by atoms with E-state index >= 15 is 0 Å². The van der Waals surface area contributed by atoms with Crippen molar-refractivity contribution in [3.05, 3.63) is 66.7 Å². The fourth-order valence-electron chi connectivity index (χ4n) is 2.53. The molecule has 0 amide bonds. The van der Waals surface area contributed by atoms with E-state index in [0.29, 0.717) is 0 Å². The zero-order valence-electron chi connectivity index (χ0n) is 11.8. The molecule has 0 bridgehead atoms. The van der Waals surface area contributed by atoms with Crippen molar-refractivity contribution in [3.8, 4) is 11.4 Å². The highest BCUT2D eigenvalue weighted by molar-refractivity contribution is 5.70. The Balaban J connectivity index is 2.08. The van der Waals surface area contributed by atoms with Gasteiger partial charge in [0.25, 0.3) is 0 Å². The molecule has 2 heterocycles. The highest BCUT2D eigenvalue weighted by atomic mass is 15.1. The average molecular weight is 264 g/mol. The highest BCUT2D eigenvalue weighted by Gasteiger charge is 2.17. The van der Waals surface area contributed by atoms with Crippen LogP contribution in [0.5, 0.6) is 0 Å². The van der Waals surface area contributed by atoms with Crippen LogP contribution in [0.3, 0.4) is 0 Å². The zero-order chi connectivity index (χ0) is 13.9. The molecule has 1 aliphatic heterocycles. The number of rotatable bonds is 2. The monoisotopic (exact) mass is 264 g/mol. The largest absolute Gasteiger partial charge is 0.344 e. The lowest BCUT2D eigenvalue weighted by Gasteiger charge is -2.23. The van der Waals surface area contributed by atoms with Crippen molar-refractivity contribution in [3.63, 3.8) is 0 Å². The van der Waals surface area contributed by atoms with E-state index in [1.165, 1.54) is 16.8 Å². The van der Waals surface area contributed by atoms with Gasteiger partial charge in [0.1, 0.15) is 6.20 Å². The molecular weight excluding hydrogens is 246 g/mol. The molecule has 1 aromatic carbocycles. The maximum Gasteiger partial charge on any atom is 0.330 e. The third kappa shape index (κ3) is 2.23. The molecule has 2 aromatic rings. The number of benzene rings is 1. The van der Waals surface area contributed by atoms with Crippen molar-refractivity contribution in [1.29, 1.82) is 0 Å². The lowest BCUT2D eigenvalue weighted by atomic mass is 10.0. The Morgan fingerprint density at radius 2 is 2.10 bits per heavy atom. The maximum atomic E-state index is 4.51. The minimum absolute atomic E-state index is 0.912. The van der Waals surface area contributed by atoms with E-state index in [9.17, 15) is 0 Å². The average Bonchev–Trinajstić information content (AvgIpc) is 2.49. The molecular formula is C17H18N3+. The Morgan fingerprint density at radius 1 is 1.20 bits per heavy atom. The number of nitrogens with zero attached hydrogens (tertiary/aromatic N) is 3. The zero-order valence-corrected chi connectivity index (χ0v) is 11.8. The fraction of sp³-hybridized carbons (Fsp3) is 0.176. The van der Waals surface area contributed by atoms with Crippen molar-refractivity contribution >= 4 is 5.69 Å². The van der Waals surface area contributed by atoms with Gasteiger partial charge in [-0.3, -0.25) is 0 Å². The first-order chi connectivity index (χ1) is 9.77. The van der Waals surface area contributed by atoms with Gasteiger partial charge in [-0.05, 0) is 35.7 Å². The first-order valence-electron chi connectivity index (χ1n) is 6.78. The molecule has 1 aromatic heterocycles. The number of aromatic nitrogens is 2. The number of hydrogen-bond donors (Lipinski definition) is 0. The SMILES string of the molecule is Cc1c(-c2nccc[n+]2C)cccc1N1C=CC=CC1. The van der Waals surface area contributed by atoms with Crippen LogP contribution in [0.4, 0.5) is 5.69 Å². The van der Waals surface area contributed by atoms with Gasteiger partial charge in [0.05, 0.1) is 18.8 Å². The summed E-state index contributed by atoms with van der Waals surface area (Å²) in [6.45, 7) is 3.07. The smallest absolute Gasteiger partial charge is 0.330 e. The second-order valence-corrected chi connectivity index (χ2v) is 4.93. The van der Waals surface area contributed by atoms with Gasteiger partial charge in [0, 0.05) is 24.5 Å². The summed E-state index contributed by atoms with van der Waals surface area (Å²) < 4.78 is 2.05. The van der Waals surface area contributed by atoms with Crippen LogP contribution in [0.25, 0.3) is 11.4 Å². The summed E-state index contributed by atoms with van der Waals surface area (Å²) in [5.41, 5.74) is 3.66. The fourth-order valence-corrected chi connectivity index (χ4v) is 2.53. The Bertz CT molecular complexity index is 686. The minimum atomic E-state index is 0.912. The van der Waals surface area contributed by atoms with Crippen LogP contribution in [0.1, 0.15) is 5.56 Å². The van der Waals surface area contributed by atoms with Gasteiger partial charge in [-0.1, -0.05) is 18.2 Å². The molecule has 0 fully saturated rings. The van der Waals surface area contributed by atoms with Crippen molar-refractivity contribution in [2.45, 2.75) is 6.92 Å². The van der Waals surface area contributed by atoms with Crippen LogP contribution in [-0.4, -0.2) is 11.5 Å². The Hall–Kier alpha value is -2.42. The van der Waals surface area contributed by atoms with Gasteiger partial charge in [-0.15, -0.1) is 0 Å². The van der Waals surface area contributed by atoms with Crippen molar-refractivity contribution in [2.24, 2.45) is 7.05 Å². The normalized spacial score (nSPS) is 13.8. The van der Waals surface area contributed by atoms with E-state index in [0.717, 1.165) is 12.4 Å². The molecule has 0 aliphatic carbocycles. The lowest BCUT2D eigenvalue weighted by molar-refractivity contribution is -0.663. The van der Waals surface area contributed by atoms with E-state index in [4.69, 9.17) is 0 Å². The molecule has 0 saturated carbocycles. The summed E-state index contributed by atoms with van der Waals surface area (Å²) in [4.78, 5) is 6.76. The van der Waals surface area contributed by atoms with Crippen molar-refractivity contribution < 1.29 is 4.57 Å². The van der Waals surface area contributed by atoms with Gasteiger partial charge in [-0.2, -0.15) is 0 Å². The van der Waals surface area contributed by atoms with E-state index < -0.39 is 0 Å². The predicted octanol–water partition coefficient (Wildman–Crippen LogP) is 2.77. The van der Waals surface area contributed by atoms with Crippen LogP contribution in [0.15, 0.2) is 61.1 Å². The Morgan fingerprint density at radius 3 is 2.85 bits per heavy atom. The molecule has 0 radical (unpaired) electrons. The van der Waals surface area contributed by atoms with E-state index in [1.54, 1.807) is 0 Å². The molecule has 1 aliphatic rings. The first kappa shape index (κ1) is 12.6.